The molecular weight excluding hydrogens is 292 g/mol. The largest absolute Gasteiger partial charge is 0.492 e. The SMILES string of the molecule is CCOc1ccc(NC(=O)CNC(=O)C(C)(C)C)cc1Cl. The number of rotatable bonds is 5. The van der Waals surface area contributed by atoms with Crippen molar-refractivity contribution in [3.05, 3.63) is 23.2 Å². The maximum atomic E-state index is 11.8. The first-order chi connectivity index (χ1) is 9.74. The van der Waals surface area contributed by atoms with Crippen molar-refractivity contribution in [2.45, 2.75) is 27.7 Å². The van der Waals surface area contributed by atoms with Crippen LogP contribution in [0.1, 0.15) is 27.7 Å². The first kappa shape index (κ1) is 17.3. The minimum Gasteiger partial charge on any atom is -0.492 e. The molecule has 21 heavy (non-hydrogen) atoms. The summed E-state index contributed by atoms with van der Waals surface area (Å²) in [6.07, 6.45) is 0. The molecule has 0 aliphatic heterocycles. The van der Waals surface area contributed by atoms with Crippen molar-refractivity contribution in [2.24, 2.45) is 5.41 Å². The molecule has 0 saturated carbocycles. The number of benzene rings is 1. The van der Waals surface area contributed by atoms with Gasteiger partial charge in [0.15, 0.2) is 0 Å². The van der Waals surface area contributed by atoms with Gasteiger partial charge < -0.3 is 15.4 Å². The number of hydrogen-bond acceptors (Lipinski definition) is 3. The van der Waals surface area contributed by atoms with E-state index < -0.39 is 5.41 Å². The van der Waals surface area contributed by atoms with Crippen LogP contribution >= 0.6 is 11.6 Å². The van der Waals surface area contributed by atoms with Crippen LogP contribution in [0.25, 0.3) is 0 Å². The van der Waals surface area contributed by atoms with Crippen LogP contribution in [0.3, 0.4) is 0 Å². The number of hydrogen-bond donors (Lipinski definition) is 2. The van der Waals surface area contributed by atoms with Crippen LogP contribution in [0.4, 0.5) is 5.69 Å². The van der Waals surface area contributed by atoms with E-state index in [1.54, 1.807) is 39.0 Å². The van der Waals surface area contributed by atoms with E-state index in [1.807, 2.05) is 6.92 Å². The Morgan fingerprint density at radius 3 is 2.48 bits per heavy atom. The molecule has 0 fully saturated rings. The van der Waals surface area contributed by atoms with Crippen LogP contribution < -0.4 is 15.4 Å². The van der Waals surface area contributed by atoms with Gasteiger partial charge in [-0.3, -0.25) is 9.59 Å². The summed E-state index contributed by atoms with van der Waals surface area (Å²) in [7, 11) is 0. The lowest BCUT2D eigenvalue weighted by atomic mass is 9.96. The molecule has 0 bridgehead atoms. The normalized spacial score (nSPS) is 10.9. The minimum absolute atomic E-state index is 0.0824. The maximum Gasteiger partial charge on any atom is 0.243 e. The van der Waals surface area contributed by atoms with Crippen molar-refractivity contribution in [1.82, 2.24) is 5.32 Å². The molecule has 5 nitrogen and oxygen atoms in total. The quantitative estimate of drug-likeness (QED) is 0.878. The third-order valence-electron chi connectivity index (χ3n) is 2.61. The summed E-state index contributed by atoms with van der Waals surface area (Å²) in [6.45, 7) is 7.65. The minimum atomic E-state index is -0.525. The summed E-state index contributed by atoms with van der Waals surface area (Å²) in [5.41, 5.74) is 0.0291. The number of anilines is 1. The van der Waals surface area contributed by atoms with Gasteiger partial charge in [0.05, 0.1) is 18.2 Å². The molecule has 0 radical (unpaired) electrons. The highest BCUT2D eigenvalue weighted by Crippen LogP contribution is 2.27. The number of halogens is 1. The van der Waals surface area contributed by atoms with Crippen LogP contribution in [-0.2, 0) is 9.59 Å². The van der Waals surface area contributed by atoms with Gasteiger partial charge in [0.1, 0.15) is 5.75 Å². The Morgan fingerprint density at radius 2 is 1.95 bits per heavy atom. The number of nitrogens with one attached hydrogen (secondary N) is 2. The Kier molecular flexibility index (Phi) is 6.03. The second kappa shape index (κ2) is 7.31. The maximum absolute atomic E-state index is 11.8. The summed E-state index contributed by atoms with van der Waals surface area (Å²) in [5, 5.41) is 5.67. The Balaban J connectivity index is 2.56. The second-order valence-corrected chi connectivity index (χ2v) is 5.97. The summed E-state index contributed by atoms with van der Waals surface area (Å²) in [6, 6.07) is 4.99. The molecule has 0 aromatic heterocycles. The third-order valence-corrected chi connectivity index (χ3v) is 2.90. The van der Waals surface area contributed by atoms with Crippen molar-refractivity contribution in [1.29, 1.82) is 0 Å². The molecule has 0 saturated heterocycles. The number of amides is 2. The van der Waals surface area contributed by atoms with Crippen LogP contribution in [0.15, 0.2) is 18.2 Å². The Labute approximate surface area is 130 Å². The van der Waals surface area contributed by atoms with Crippen molar-refractivity contribution in [2.75, 3.05) is 18.5 Å². The van der Waals surface area contributed by atoms with Gasteiger partial charge in [-0.15, -0.1) is 0 Å². The van der Waals surface area contributed by atoms with Gasteiger partial charge in [0.25, 0.3) is 0 Å². The Hall–Kier alpha value is -1.75. The van der Waals surface area contributed by atoms with Gasteiger partial charge in [-0.1, -0.05) is 32.4 Å². The molecule has 0 aliphatic rings. The highest BCUT2D eigenvalue weighted by Gasteiger charge is 2.21. The zero-order valence-corrected chi connectivity index (χ0v) is 13.5. The molecule has 0 spiro atoms. The predicted molar refractivity (Wildman–Crippen MR) is 83.7 cm³/mol. The monoisotopic (exact) mass is 312 g/mol. The van der Waals surface area contributed by atoms with E-state index in [9.17, 15) is 9.59 Å². The predicted octanol–water partition coefficient (Wildman–Crippen LogP) is 2.84. The van der Waals surface area contributed by atoms with Crippen molar-refractivity contribution >= 4 is 29.1 Å². The van der Waals surface area contributed by atoms with Crippen molar-refractivity contribution < 1.29 is 14.3 Å². The fourth-order valence-corrected chi connectivity index (χ4v) is 1.72. The summed E-state index contributed by atoms with van der Waals surface area (Å²) >= 11 is 6.03. The lowest BCUT2D eigenvalue weighted by Gasteiger charge is -2.17. The molecule has 116 valence electrons. The average Bonchev–Trinajstić information content (AvgIpc) is 2.38. The standard InChI is InChI=1S/C15H21ClN2O3/c1-5-21-12-7-6-10(8-11(12)16)18-13(19)9-17-14(20)15(2,3)4/h6-8H,5,9H2,1-4H3,(H,17,20)(H,18,19). The molecule has 1 aromatic rings. The molecule has 1 aromatic carbocycles. The highest BCUT2D eigenvalue weighted by atomic mass is 35.5. The Morgan fingerprint density at radius 1 is 1.29 bits per heavy atom. The molecule has 0 atom stereocenters. The number of ether oxygens (including phenoxy) is 1. The van der Waals surface area contributed by atoms with Gasteiger partial charge in [-0.25, -0.2) is 0 Å². The van der Waals surface area contributed by atoms with Crippen molar-refractivity contribution in [3.8, 4) is 5.75 Å². The smallest absolute Gasteiger partial charge is 0.243 e. The first-order valence-corrected chi connectivity index (χ1v) is 7.12. The Bertz CT molecular complexity index is 524. The number of carbonyl (C=O) groups excluding carboxylic acids is 2. The zero-order chi connectivity index (χ0) is 16.0. The van der Waals surface area contributed by atoms with Crippen molar-refractivity contribution in [3.63, 3.8) is 0 Å². The van der Waals surface area contributed by atoms with E-state index in [0.717, 1.165) is 0 Å². The van der Waals surface area contributed by atoms with E-state index >= 15 is 0 Å². The van der Waals surface area contributed by atoms with Gasteiger partial charge >= 0.3 is 0 Å². The molecule has 2 N–H and O–H groups in total. The number of carbonyl (C=O) groups is 2. The van der Waals surface area contributed by atoms with Gasteiger partial charge in [-0.05, 0) is 25.1 Å². The molecule has 0 aliphatic carbocycles. The lowest BCUT2D eigenvalue weighted by molar-refractivity contribution is -0.130. The molecule has 1 rings (SSSR count). The third kappa shape index (κ3) is 5.63. The average molecular weight is 313 g/mol. The van der Waals surface area contributed by atoms with E-state index in [-0.39, 0.29) is 18.4 Å². The van der Waals surface area contributed by atoms with Crippen LogP contribution in [-0.4, -0.2) is 25.0 Å². The molecule has 2 amide bonds. The van der Waals surface area contributed by atoms with E-state index in [0.29, 0.717) is 23.1 Å². The summed E-state index contributed by atoms with van der Waals surface area (Å²) in [4.78, 5) is 23.4. The van der Waals surface area contributed by atoms with Crippen LogP contribution in [0.2, 0.25) is 5.02 Å². The van der Waals surface area contributed by atoms with Gasteiger partial charge in [0, 0.05) is 11.1 Å². The van der Waals surface area contributed by atoms with E-state index in [2.05, 4.69) is 10.6 Å². The molecule has 6 heteroatoms. The van der Waals surface area contributed by atoms with E-state index in [1.165, 1.54) is 0 Å². The molecule has 0 unspecified atom stereocenters. The first-order valence-electron chi connectivity index (χ1n) is 6.74. The summed E-state index contributed by atoms with van der Waals surface area (Å²) < 4.78 is 5.31. The fraction of sp³-hybridized carbons (Fsp3) is 0.467. The lowest BCUT2D eigenvalue weighted by Crippen LogP contribution is -2.39. The molecular formula is C15H21ClN2O3. The van der Waals surface area contributed by atoms with Gasteiger partial charge in [-0.2, -0.15) is 0 Å². The molecule has 0 heterocycles. The fourth-order valence-electron chi connectivity index (χ4n) is 1.48. The van der Waals surface area contributed by atoms with Crippen LogP contribution in [0, 0.1) is 5.41 Å². The van der Waals surface area contributed by atoms with Crippen LogP contribution in [0.5, 0.6) is 5.75 Å². The van der Waals surface area contributed by atoms with Gasteiger partial charge in [0.2, 0.25) is 11.8 Å². The highest BCUT2D eigenvalue weighted by molar-refractivity contribution is 6.32. The zero-order valence-electron chi connectivity index (χ0n) is 12.7. The van der Waals surface area contributed by atoms with E-state index in [4.69, 9.17) is 16.3 Å². The topological polar surface area (TPSA) is 67.4 Å². The second-order valence-electron chi connectivity index (χ2n) is 5.56. The summed E-state index contributed by atoms with van der Waals surface area (Å²) in [5.74, 6) is 0.0772.